The van der Waals surface area contributed by atoms with E-state index in [9.17, 15) is 23.1 Å². The van der Waals surface area contributed by atoms with Crippen LogP contribution in [0, 0.1) is 5.92 Å². The molecule has 1 amide bonds. The van der Waals surface area contributed by atoms with Gasteiger partial charge in [-0.1, -0.05) is 81.4 Å². The molecule has 204 valence electrons. The van der Waals surface area contributed by atoms with Gasteiger partial charge >= 0.3 is 5.97 Å². The van der Waals surface area contributed by atoms with Crippen LogP contribution in [0.5, 0.6) is 0 Å². The van der Waals surface area contributed by atoms with Crippen LogP contribution in [0.3, 0.4) is 0 Å². The molecule has 0 spiro atoms. The number of benzene rings is 3. The normalized spacial score (nSPS) is 15.8. The number of hydrogen-bond acceptors (Lipinski definition) is 6. The van der Waals surface area contributed by atoms with E-state index in [0.29, 0.717) is 29.7 Å². The number of hydrazine groups is 1. The van der Waals surface area contributed by atoms with Crippen molar-refractivity contribution in [1.29, 1.82) is 0 Å². The number of amides is 1. The fraction of sp³-hybridized carbons (Fsp3) is 0.267. The van der Waals surface area contributed by atoms with Crippen LogP contribution in [0.2, 0.25) is 0 Å². The summed E-state index contributed by atoms with van der Waals surface area (Å²) in [5.74, 6) is -1.59. The molecule has 1 atom stereocenters. The highest BCUT2D eigenvalue weighted by Gasteiger charge is 2.37. The second-order valence-electron chi connectivity index (χ2n) is 9.81. The zero-order valence-corrected chi connectivity index (χ0v) is 23.0. The third-order valence-electron chi connectivity index (χ3n) is 6.67. The molecule has 3 N–H and O–H groups in total. The van der Waals surface area contributed by atoms with Crippen molar-refractivity contribution in [3.8, 4) is 11.1 Å². The maximum absolute atomic E-state index is 13.2. The number of nitrogens with zero attached hydrogens (tertiary/aromatic N) is 1. The summed E-state index contributed by atoms with van der Waals surface area (Å²) >= 11 is 0. The lowest BCUT2D eigenvalue weighted by atomic mass is 9.94. The highest BCUT2D eigenvalue weighted by atomic mass is 32.2. The Morgan fingerprint density at radius 3 is 2.23 bits per heavy atom. The first-order valence-electron chi connectivity index (χ1n) is 12.9. The van der Waals surface area contributed by atoms with Crippen molar-refractivity contribution in [2.45, 2.75) is 44.6 Å². The molecule has 0 bridgehead atoms. The van der Waals surface area contributed by atoms with Crippen LogP contribution < -0.4 is 10.1 Å². The zero-order valence-electron chi connectivity index (χ0n) is 22.2. The zero-order chi connectivity index (χ0) is 28.2. The van der Waals surface area contributed by atoms with Crippen LogP contribution in [-0.2, 0) is 21.2 Å². The molecule has 1 unspecified atom stereocenters. The Bertz CT molecular complexity index is 1480. The first-order valence-corrected chi connectivity index (χ1v) is 14.4. The Balaban J connectivity index is 1.60. The number of allylic oxidation sites excluding steroid dienone is 1. The van der Waals surface area contributed by atoms with Gasteiger partial charge in [0.15, 0.2) is 0 Å². The van der Waals surface area contributed by atoms with Gasteiger partial charge < -0.3 is 10.5 Å². The van der Waals surface area contributed by atoms with Crippen LogP contribution in [-0.4, -0.2) is 43.0 Å². The molecule has 0 fully saturated rings. The van der Waals surface area contributed by atoms with Crippen LogP contribution >= 0.6 is 0 Å². The fourth-order valence-electron chi connectivity index (χ4n) is 4.80. The largest absolute Gasteiger partial charge is 0.478 e. The van der Waals surface area contributed by atoms with Crippen molar-refractivity contribution < 1.29 is 23.1 Å². The lowest BCUT2D eigenvalue weighted by molar-refractivity contribution is -0.133. The van der Waals surface area contributed by atoms with E-state index in [1.165, 1.54) is 6.07 Å². The second-order valence-corrected chi connectivity index (χ2v) is 11.5. The van der Waals surface area contributed by atoms with E-state index in [1.54, 1.807) is 48.5 Å². The molecular formula is C30H33N3O5S. The van der Waals surface area contributed by atoms with Gasteiger partial charge in [0.05, 0.1) is 16.5 Å². The summed E-state index contributed by atoms with van der Waals surface area (Å²) in [6.07, 6.45) is 1.35. The van der Waals surface area contributed by atoms with Gasteiger partial charge in [0.1, 0.15) is 0 Å². The summed E-state index contributed by atoms with van der Waals surface area (Å²) in [5.41, 5.74) is 6.72. The molecule has 3 aromatic carbocycles. The topological polar surface area (TPSA) is 116 Å². The number of carboxylic acid groups (broad SMARTS) is 1. The SMILES string of the molecule is CCCN1NC(C(C)C)=C(C(=O)O)C1Cc1ccc(-c2ccccc2S(=O)(=O)NC(=O)c2ccccc2)cc1. The number of aliphatic carboxylic acids is 1. The summed E-state index contributed by atoms with van der Waals surface area (Å²) in [6.45, 7) is 6.70. The first kappa shape index (κ1) is 28.1. The molecule has 1 heterocycles. The van der Waals surface area contributed by atoms with Crippen molar-refractivity contribution >= 4 is 21.9 Å². The number of carbonyl (C=O) groups is 2. The Hall–Kier alpha value is -3.95. The number of hydrogen-bond donors (Lipinski definition) is 3. The number of rotatable bonds is 10. The van der Waals surface area contributed by atoms with Gasteiger partial charge in [0, 0.05) is 23.4 Å². The highest BCUT2D eigenvalue weighted by Crippen LogP contribution is 2.31. The minimum Gasteiger partial charge on any atom is -0.478 e. The standard InChI is InChI=1S/C30H33N3O5S/c1-4-18-33-25(27(30(35)36)28(31-33)20(2)3)19-21-14-16-22(17-15-21)24-12-8-9-13-26(24)39(37,38)32-29(34)23-10-6-5-7-11-23/h5-17,20,25,31H,4,18-19H2,1-3H3,(H,32,34)(H,35,36). The molecule has 0 saturated carbocycles. The molecule has 39 heavy (non-hydrogen) atoms. The third-order valence-corrected chi connectivity index (χ3v) is 8.06. The molecule has 0 aromatic heterocycles. The summed E-state index contributed by atoms with van der Waals surface area (Å²) in [7, 11) is -4.15. The fourth-order valence-corrected chi connectivity index (χ4v) is 6.00. The van der Waals surface area contributed by atoms with Crippen LogP contribution in [0.4, 0.5) is 0 Å². The Kier molecular flexibility index (Phi) is 8.52. The summed E-state index contributed by atoms with van der Waals surface area (Å²) < 4.78 is 28.5. The average molecular weight is 548 g/mol. The minimum absolute atomic E-state index is 0.00573. The molecule has 0 saturated heterocycles. The van der Waals surface area contributed by atoms with E-state index in [4.69, 9.17) is 0 Å². The minimum atomic E-state index is -4.15. The molecule has 1 aliphatic rings. The van der Waals surface area contributed by atoms with E-state index in [0.717, 1.165) is 17.7 Å². The van der Waals surface area contributed by atoms with Crippen molar-refractivity contribution in [2.24, 2.45) is 5.92 Å². The number of carbonyl (C=O) groups excluding carboxylic acids is 1. The van der Waals surface area contributed by atoms with E-state index < -0.39 is 21.9 Å². The van der Waals surface area contributed by atoms with Gasteiger partial charge in [-0.05, 0) is 48.1 Å². The highest BCUT2D eigenvalue weighted by molar-refractivity contribution is 7.90. The van der Waals surface area contributed by atoms with E-state index in [2.05, 4.69) is 17.1 Å². The van der Waals surface area contributed by atoms with Gasteiger partial charge in [-0.2, -0.15) is 0 Å². The lowest BCUT2D eigenvalue weighted by Gasteiger charge is -2.26. The third kappa shape index (κ3) is 6.21. The number of nitrogens with one attached hydrogen (secondary N) is 2. The Morgan fingerprint density at radius 1 is 0.974 bits per heavy atom. The second kappa shape index (κ2) is 11.8. The molecule has 9 heteroatoms. The van der Waals surface area contributed by atoms with Gasteiger partial charge in [0.2, 0.25) is 0 Å². The number of sulfonamides is 1. The smallest absolute Gasteiger partial charge is 0.335 e. The lowest BCUT2D eigenvalue weighted by Crippen LogP contribution is -2.42. The quantitative estimate of drug-likeness (QED) is 0.340. The van der Waals surface area contributed by atoms with E-state index in [-0.39, 0.29) is 22.4 Å². The van der Waals surface area contributed by atoms with Crippen LogP contribution in [0.25, 0.3) is 11.1 Å². The molecule has 0 aliphatic carbocycles. The van der Waals surface area contributed by atoms with E-state index >= 15 is 0 Å². The van der Waals surface area contributed by atoms with Gasteiger partial charge in [-0.15, -0.1) is 0 Å². The summed E-state index contributed by atoms with van der Waals surface area (Å²) in [6, 6.07) is 21.8. The van der Waals surface area contributed by atoms with E-state index in [1.807, 2.05) is 43.1 Å². The van der Waals surface area contributed by atoms with Crippen LogP contribution in [0.1, 0.15) is 43.1 Å². The van der Waals surface area contributed by atoms with Crippen molar-refractivity contribution in [2.75, 3.05) is 6.54 Å². The molecular weight excluding hydrogens is 514 g/mol. The maximum atomic E-state index is 13.2. The molecule has 8 nitrogen and oxygen atoms in total. The Morgan fingerprint density at radius 2 is 1.62 bits per heavy atom. The predicted octanol–water partition coefficient (Wildman–Crippen LogP) is 4.61. The van der Waals surface area contributed by atoms with Crippen molar-refractivity contribution in [1.82, 2.24) is 15.2 Å². The van der Waals surface area contributed by atoms with Gasteiger partial charge in [-0.25, -0.2) is 22.9 Å². The summed E-state index contributed by atoms with van der Waals surface area (Å²) in [5, 5.41) is 12.0. The van der Waals surface area contributed by atoms with Gasteiger partial charge in [0.25, 0.3) is 15.9 Å². The van der Waals surface area contributed by atoms with Crippen molar-refractivity contribution in [3.05, 3.63) is 101 Å². The average Bonchev–Trinajstić information content (AvgIpc) is 3.28. The predicted molar refractivity (Wildman–Crippen MR) is 150 cm³/mol. The van der Waals surface area contributed by atoms with Gasteiger partial charge in [-0.3, -0.25) is 4.79 Å². The van der Waals surface area contributed by atoms with Crippen molar-refractivity contribution in [3.63, 3.8) is 0 Å². The summed E-state index contributed by atoms with van der Waals surface area (Å²) in [4.78, 5) is 24.7. The number of carboxylic acids is 1. The molecule has 0 radical (unpaired) electrons. The first-order chi connectivity index (χ1) is 18.6. The molecule has 3 aromatic rings. The Labute approximate surface area is 229 Å². The molecule has 4 rings (SSSR count). The maximum Gasteiger partial charge on any atom is 0.335 e. The monoisotopic (exact) mass is 547 g/mol. The van der Waals surface area contributed by atoms with Crippen LogP contribution in [0.15, 0.2) is 95.0 Å². The molecule has 1 aliphatic heterocycles.